The van der Waals surface area contributed by atoms with Gasteiger partial charge >= 0.3 is 0 Å². The van der Waals surface area contributed by atoms with Gasteiger partial charge in [-0.2, -0.15) is 5.10 Å². The van der Waals surface area contributed by atoms with Gasteiger partial charge in [0.2, 0.25) is 0 Å². The van der Waals surface area contributed by atoms with E-state index in [4.69, 9.17) is 0 Å². The molecule has 0 aromatic carbocycles. The molecule has 0 amide bonds. The molecule has 11 heavy (non-hydrogen) atoms. The van der Waals surface area contributed by atoms with Crippen molar-refractivity contribution in [1.82, 2.24) is 5.43 Å². The molecule has 3 heteroatoms. The van der Waals surface area contributed by atoms with Gasteiger partial charge < -0.3 is 5.43 Å². The number of Topliss-reactive ketones (excluding diaryl/α,β-unsaturated/α-hetero) is 1. The third kappa shape index (κ3) is 0.951. The zero-order valence-corrected chi connectivity index (χ0v) is 6.63. The normalized spacial score (nSPS) is 36.1. The van der Waals surface area contributed by atoms with Gasteiger partial charge in [-0.3, -0.25) is 4.79 Å². The lowest BCUT2D eigenvalue weighted by Gasteiger charge is -2.23. The smallest absolute Gasteiger partial charge is 0.143 e. The van der Waals surface area contributed by atoms with Crippen molar-refractivity contribution in [2.75, 3.05) is 0 Å². The molecule has 1 fully saturated rings. The highest BCUT2D eigenvalue weighted by Gasteiger charge is 2.37. The summed E-state index contributed by atoms with van der Waals surface area (Å²) in [5.74, 6) is 0.469. The average Bonchev–Trinajstić information content (AvgIpc) is 2.34. The van der Waals surface area contributed by atoms with E-state index >= 15 is 0 Å². The fraction of sp³-hybridized carbons (Fsp3) is 0.750. The zero-order valence-electron chi connectivity index (χ0n) is 6.63. The number of ketones is 1. The number of fused-ring (bicyclic) bond motifs is 1. The molecule has 3 nitrogen and oxygen atoms in total. The lowest BCUT2D eigenvalue weighted by atomic mass is 9.82. The van der Waals surface area contributed by atoms with Crippen LogP contribution in [-0.4, -0.2) is 17.5 Å². The second-order valence-electron chi connectivity index (χ2n) is 3.32. The minimum Gasteiger partial charge on any atom is -0.306 e. The van der Waals surface area contributed by atoms with Crippen molar-refractivity contribution in [3.05, 3.63) is 0 Å². The van der Waals surface area contributed by atoms with Crippen molar-refractivity contribution in [1.29, 1.82) is 0 Å². The Bertz CT molecular complexity index is 222. The summed E-state index contributed by atoms with van der Waals surface area (Å²) >= 11 is 0. The maximum Gasteiger partial charge on any atom is 0.143 e. The number of nitrogens with one attached hydrogen (secondary N) is 1. The van der Waals surface area contributed by atoms with Gasteiger partial charge in [-0.15, -0.1) is 0 Å². The molecule has 0 saturated heterocycles. The first kappa shape index (κ1) is 6.83. The highest BCUT2D eigenvalue weighted by molar-refractivity contribution is 6.06. The van der Waals surface area contributed by atoms with Crippen LogP contribution in [0.15, 0.2) is 5.10 Å². The molecule has 2 aliphatic rings. The van der Waals surface area contributed by atoms with Crippen LogP contribution in [0, 0.1) is 5.92 Å². The van der Waals surface area contributed by atoms with E-state index in [-0.39, 0.29) is 5.92 Å². The summed E-state index contributed by atoms with van der Waals surface area (Å²) in [6.45, 7) is 1.93. The van der Waals surface area contributed by atoms with Crippen LogP contribution in [0.4, 0.5) is 0 Å². The van der Waals surface area contributed by atoms with Gasteiger partial charge in [0.1, 0.15) is 5.78 Å². The molecule has 2 atom stereocenters. The standard InChI is InChI=1S/C8H12N2O/c1-5-8-6(10-9-5)3-2-4-7(8)11/h6,8,10H,2-4H2,1H3. The minimum absolute atomic E-state index is 0.101. The maximum absolute atomic E-state index is 11.4. The Morgan fingerprint density at radius 2 is 2.45 bits per heavy atom. The van der Waals surface area contributed by atoms with Crippen LogP contribution in [0.2, 0.25) is 0 Å². The molecule has 0 bridgehead atoms. The third-order valence-electron chi connectivity index (χ3n) is 2.54. The molecular formula is C8H12N2O. The lowest BCUT2D eigenvalue weighted by molar-refractivity contribution is -0.122. The number of hydrogen-bond donors (Lipinski definition) is 1. The van der Waals surface area contributed by atoms with Crippen LogP contribution in [0.5, 0.6) is 0 Å². The Hall–Kier alpha value is -0.860. The van der Waals surface area contributed by atoms with E-state index in [1.54, 1.807) is 0 Å². The lowest BCUT2D eigenvalue weighted by Crippen LogP contribution is -2.38. The Morgan fingerprint density at radius 3 is 3.18 bits per heavy atom. The molecule has 2 rings (SSSR count). The Balaban J connectivity index is 2.21. The van der Waals surface area contributed by atoms with Gasteiger partial charge in [0.15, 0.2) is 0 Å². The maximum atomic E-state index is 11.4. The first-order chi connectivity index (χ1) is 5.29. The molecule has 0 radical (unpaired) electrons. The van der Waals surface area contributed by atoms with Crippen LogP contribution >= 0.6 is 0 Å². The Kier molecular flexibility index (Phi) is 1.44. The Labute approximate surface area is 65.9 Å². The van der Waals surface area contributed by atoms with Gasteiger partial charge in [0.25, 0.3) is 0 Å². The largest absolute Gasteiger partial charge is 0.306 e. The fourth-order valence-electron chi connectivity index (χ4n) is 1.96. The average molecular weight is 152 g/mol. The van der Waals surface area contributed by atoms with E-state index < -0.39 is 0 Å². The van der Waals surface area contributed by atoms with Gasteiger partial charge in [0, 0.05) is 12.1 Å². The van der Waals surface area contributed by atoms with Crippen molar-refractivity contribution >= 4 is 11.5 Å². The van der Waals surface area contributed by atoms with Crippen molar-refractivity contribution in [3.63, 3.8) is 0 Å². The summed E-state index contributed by atoms with van der Waals surface area (Å²) < 4.78 is 0. The Morgan fingerprint density at radius 1 is 1.64 bits per heavy atom. The molecule has 1 aliphatic heterocycles. The van der Waals surface area contributed by atoms with Crippen LogP contribution in [0.1, 0.15) is 26.2 Å². The van der Waals surface area contributed by atoms with E-state index in [1.165, 1.54) is 0 Å². The monoisotopic (exact) mass is 152 g/mol. The zero-order chi connectivity index (χ0) is 7.84. The van der Waals surface area contributed by atoms with E-state index in [1.807, 2.05) is 6.92 Å². The molecule has 1 saturated carbocycles. The predicted octanol–water partition coefficient (Wildman–Crippen LogP) is 0.703. The predicted molar refractivity (Wildman–Crippen MR) is 42.4 cm³/mol. The quantitative estimate of drug-likeness (QED) is 0.555. The molecule has 1 heterocycles. The highest BCUT2D eigenvalue weighted by Crippen LogP contribution is 2.25. The number of carbonyl (C=O) groups is 1. The first-order valence-corrected chi connectivity index (χ1v) is 4.11. The number of rotatable bonds is 0. The number of nitrogens with zero attached hydrogens (tertiary/aromatic N) is 1. The van der Waals surface area contributed by atoms with Crippen LogP contribution in [-0.2, 0) is 4.79 Å². The summed E-state index contributed by atoms with van der Waals surface area (Å²) in [5.41, 5.74) is 3.98. The van der Waals surface area contributed by atoms with Gasteiger partial charge in [-0.05, 0) is 19.8 Å². The van der Waals surface area contributed by atoms with Crippen LogP contribution in [0.3, 0.4) is 0 Å². The van der Waals surface area contributed by atoms with Crippen LogP contribution in [0.25, 0.3) is 0 Å². The fourth-order valence-corrected chi connectivity index (χ4v) is 1.96. The van der Waals surface area contributed by atoms with E-state index in [0.717, 1.165) is 25.0 Å². The van der Waals surface area contributed by atoms with Gasteiger partial charge in [-0.25, -0.2) is 0 Å². The van der Waals surface area contributed by atoms with E-state index in [9.17, 15) is 4.79 Å². The SMILES string of the molecule is CC1=NNC2CCCC(=O)C12. The summed E-state index contributed by atoms with van der Waals surface area (Å²) in [5, 5.41) is 4.08. The topological polar surface area (TPSA) is 41.5 Å². The molecule has 0 aromatic heterocycles. The molecular weight excluding hydrogens is 140 g/mol. The minimum atomic E-state index is 0.101. The van der Waals surface area contributed by atoms with Crippen molar-refractivity contribution < 1.29 is 4.79 Å². The first-order valence-electron chi connectivity index (χ1n) is 4.11. The molecule has 60 valence electrons. The third-order valence-corrected chi connectivity index (χ3v) is 2.54. The van der Waals surface area contributed by atoms with Crippen LogP contribution < -0.4 is 5.43 Å². The second-order valence-corrected chi connectivity index (χ2v) is 3.32. The molecule has 1 N–H and O–H groups in total. The number of hydrazone groups is 1. The summed E-state index contributed by atoms with van der Waals surface area (Å²) in [6.07, 6.45) is 2.86. The van der Waals surface area contributed by atoms with Crippen molar-refractivity contribution in [2.45, 2.75) is 32.2 Å². The van der Waals surface area contributed by atoms with Gasteiger partial charge in [-0.1, -0.05) is 0 Å². The van der Waals surface area contributed by atoms with E-state index in [2.05, 4.69) is 10.5 Å². The molecule has 2 unspecified atom stereocenters. The van der Waals surface area contributed by atoms with Gasteiger partial charge in [0.05, 0.1) is 12.0 Å². The van der Waals surface area contributed by atoms with Crippen molar-refractivity contribution in [3.8, 4) is 0 Å². The summed E-state index contributed by atoms with van der Waals surface area (Å²) in [6, 6.07) is 0.316. The molecule has 0 aromatic rings. The number of carbonyl (C=O) groups excluding carboxylic acids is 1. The highest BCUT2D eigenvalue weighted by atomic mass is 16.1. The summed E-state index contributed by atoms with van der Waals surface area (Å²) in [7, 11) is 0. The van der Waals surface area contributed by atoms with E-state index in [0.29, 0.717) is 11.8 Å². The number of hydrogen-bond acceptors (Lipinski definition) is 3. The summed E-state index contributed by atoms with van der Waals surface area (Å²) in [4.78, 5) is 11.4. The molecule has 1 aliphatic carbocycles. The molecule has 0 spiro atoms. The van der Waals surface area contributed by atoms with Crippen molar-refractivity contribution in [2.24, 2.45) is 11.0 Å². The second kappa shape index (κ2) is 2.32.